The van der Waals surface area contributed by atoms with Crippen LogP contribution >= 0.6 is 0 Å². The molecule has 3 heterocycles. The second-order valence-corrected chi connectivity index (χ2v) is 8.54. The third-order valence-electron chi connectivity index (χ3n) is 6.48. The molecule has 4 rings (SSSR count). The van der Waals surface area contributed by atoms with E-state index in [0.29, 0.717) is 37.4 Å². The lowest BCUT2D eigenvalue weighted by molar-refractivity contribution is -0.130. The van der Waals surface area contributed by atoms with Gasteiger partial charge in [0.2, 0.25) is 5.91 Å². The fourth-order valence-corrected chi connectivity index (χ4v) is 4.75. The van der Waals surface area contributed by atoms with Crippen molar-refractivity contribution in [3.63, 3.8) is 0 Å². The summed E-state index contributed by atoms with van der Waals surface area (Å²) in [7, 11) is 3.46. The number of benzene rings is 1. The molecule has 0 aliphatic carbocycles. The van der Waals surface area contributed by atoms with Crippen LogP contribution in [-0.2, 0) is 17.8 Å². The fraction of sp³-hybridized carbons (Fsp3) is 0.500. The standard InChI is InChI=1S/C24H31N5O3/c1-15-7-5-9-19(21(15)32-4)24(31)29-12-10-18-20(14-29)26-22(27-23(18)25-3)17-8-6-11-28(13-17)16(2)30/h5,7,9,17H,6,8,10-14H2,1-4H3,(H,25,26,27)/t17-/m1/s1. The molecule has 2 amide bonds. The van der Waals surface area contributed by atoms with Gasteiger partial charge in [-0.15, -0.1) is 0 Å². The number of nitrogens with zero attached hydrogens (tertiary/aromatic N) is 4. The van der Waals surface area contributed by atoms with Gasteiger partial charge in [0.1, 0.15) is 17.4 Å². The lowest BCUT2D eigenvalue weighted by atomic mass is 9.96. The minimum atomic E-state index is -0.0530. The summed E-state index contributed by atoms with van der Waals surface area (Å²) in [4.78, 5) is 38.6. The van der Waals surface area contributed by atoms with Crippen LogP contribution in [0.5, 0.6) is 5.75 Å². The summed E-state index contributed by atoms with van der Waals surface area (Å²) in [6.45, 7) is 6.00. The molecule has 1 aromatic heterocycles. The molecule has 0 unspecified atom stereocenters. The lowest BCUT2D eigenvalue weighted by Crippen LogP contribution is -2.39. The van der Waals surface area contributed by atoms with Gasteiger partial charge in [-0.1, -0.05) is 12.1 Å². The topological polar surface area (TPSA) is 87.7 Å². The van der Waals surface area contributed by atoms with E-state index in [-0.39, 0.29) is 17.7 Å². The summed E-state index contributed by atoms with van der Waals surface area (Å²) in [5.74, 6) is 2.34. The Morgan fingerprint density at radius 1 is 1.19 bits per heavy atom. The summed E-state index contributed by atoms with van der Waals surface area (Å²) >= 11 is 0. The molecule has 0 spiro atoms. The Hall–Kier alpha value is -3.16. The summed E-state index contributed by atoms with van der Waals surface area (Å²) in [5, 5.41) is 3.21. The second kappa shape index (κ2) is 9.14. The number of para-hydroxylation sites is 1. The number of piperidine rings is 1. The minimum absolute atomic E-state index is 0.0530. The van der Waals surface area contributed by atoms with E-state index in [2.05, 4.69) is 5.32 Å². The normalized spacial score (nSPS) is 18.2. The quantitative estimate of drug-likeness (QED) is 0.791. The number of carbonyl (C=O) groups is 2. The van der Waals surface area contributed by atoms with Gasteiger partial charge in [0, 0.05) is 45.1 Å². The van der Waals surface area contributed by atoms with Gasteiger partial charge in [-0.2, -0.15) is 0 Å². The monoisotopic (exact) mass is 437 g/mol. The van der Waals surface area contributed by atoms with Crippen molar-refractivity contribution in [2.45, 2.75) is 45.6 Å². The van der Waals surface area contributed by atoms with E-state index in [1.807, 2.05) is 42.0 Å². The van der Waals surface area contributed by atoms with E-state index >= 15 is 0 Å². The molecule has 2 aliphatic heterocycles. The van der Waals surface area contributed by atoms with Crippen LogP contribution in [0.3, 0.4) is 0 Å². The number of amides is 2. The van der Waals surface area contributed by atoms with E-state index < -0.39 is 0 Å². The van der Waals surface area contributed by atoms with Crippen LogP contribution < -0.4 is 10.1 Å². The number of aryl methyl sites for hydroxylation is 1. The lowest BCUT2D eigenvalue weighted by Gasteiger charge is -2.33. The van der Waals surface area contributed by atoms with Crippen LogP contribution in [-0.4, -0.2) is 65.4 Å². The highest BCUT2D eigenvalue weighted by Crippen LogP contribution is 2.31. The first kappa shape index (κ1) is 22.0. The summed E-state index contributed by atoms with van der Waals surface area (Å²) in [5.41, 5.74) is 3.45. The number of rotatable bonds is 4. The van der Waals surface area contributed by atoms with Crippen molar-refractivity contribution in [1.29, 1.82) is 0 Å². The Balaban J connectivity index is 1.62. The van der Waals surface area contributed by atoms with Gasteiger partial charge >= 0.3 is 0 Å². The average Bonchev–Trinajstić information content (AvgIpc) is 2.82. The van der Waals surface area contributed by atoms with Crippen LogP contribution in [0.2, 0.25) is 0 Å². The first-order valence-corrected chi connectivity index (χ1v) is 11.2. The summed E-state index contributed by atoms with van der Waals surface area (Å²) < 4.78 is 5.51. The number of ether oxygens (including phenoxy) is 1. The number of anilines is 1. The number of hydrogen-bond acceptors (Lipinski definition) is 6. The molecule has 8 heteroatoms. The molecule has 32 heavy (non-hydrogen) atoms. The molecule has 2 aliphatic rings. The van der Waals surface area contributed by atoms with E-state index in [4.69, 9.17) is 14.7 Å². The van der Waals surface area contributed by atoms with Crippen molar-refractivity contribution in [2.75, 3.05) is 39.1 Å². The molecule has 1 aromatic carbocycles. The predicted octanol–water partition coefficient (Wildman–Crippen LogP) is 2.76. The van der Waals surface area contributed by atoms with Gasteiger partial charge < -0.3 is 19.9 Å². The maximum Gasteiger partial charge on any atom is 0.257 e. The van der Waals surface area contributed by atoms with E-state index in [1.54, 1.807) is 14.0 Å². The maximum atomic E-state index is 13.3. The molecule has 0 radical (unpaired) electrons. The molecule has 8 nitrogen and oxygen atoms in total. The molecular formula is C24H31N5O3. The first-order valence-electron chi connectivity index (χ1n) is 11.2. The molecule has 1 fully saturated rings. The molecule has 0 bridgehead atoms. The van der Waals surface area contributed by atoms with Crippen molar-refractivity contribution < 1.29 is 14.3 Å². The van der Waals surface area contributed by atoms with Crippen molar-refractivity contribution in [3.8, 4) is 5.75 Å². The first-order chi connectivity index (χ1) is 15.4. The smallest absolute Gasteiger partial charge is 0.257 e. The van der Waals surface area contributed by atoms with Gasteiger partial charge in [0.15, 0.2) is 0 Å². The SMILES string of the molecule is CNc1nc([C@@H]2CCCN(C(C)=O)C2)nc2c1CCN(C(=O)c1cccc(C)c1OC)C2. The summed E-state index contributed by atoms with van der Waals surface area (Å²) in [6.07, 6.45) is 2.59. The molecule has 1 N–H and O–H groups in total. The van der Waals surface area contributed by atoms with Crippen LogP contribution in [0.25, 0.3) is 0 Å². The van der Waals surface area contributed by atoms with Gasteiger partial charge in [0.05, 0.1) is 24.9 Å². The molecule has 2 aromatic rings. The number of aromatic nitrogens is 2. The van der Waals surface area contributed by atoms with Crippen LogP contribution in [0.15, 0.2) is 18.2 Å². The Labute approximate surface area is 189 Å². The number of nitrogens with one attached hydrogen (secondary N) is 1. The van der Waals surface area contributed by atoms with Gasteiger partial charge in [-0.3, -0.25) is 9.59 Å². The van der Waals surface area contributed by atoms with Gasteiger partial charge in [-0.25, -0.2) is 9.97 Å². The second-order valence-electron chi connectivity index (χ2n) is 8.54. The van der Waals surface area contributed by atoms with E-state index in [0.717, 1.165) is 47.8 Å². The highest BCUT2D eigenvalue weighted by molar-refractivity contribution is 5.97. The summed E-state index contributed by atoms with van der Waals surface area (Å²) in [6, 6.07) is 5.63. The van der Waals surface area contributed by atoms with Crippen LogP contribution in [0.1, 0.15) is 58.7 Å². The highest BCUT2D eigenvalue weighted by Gasteiger charge is 2.30. The van der Waals surface area contributed by atoms with E-state index in [9.17, 15) is 9.59 Å². The third kappa shape index (κ3) is 4.13. The molecule has 0 saturated carbocycles. The van der Waals surface area contributed by atoms with Crippen molar-refractivity contribution in [1.82, 2.24) is 19.8 Å². The predicted molar refractivity (Wildman–Crippen MR) is 122 cm³/mol. The van der Waals surface area contributed by atoms with Gasteiger partial charge in [0.25, 0.3) is 5.91 Å². The Kier molecular flexibility index (Phi) is 6.30. The fourth-order valence-electron chi connectivity index (χ4n) is 4.75. The number of hydrogen-bond donors (Lipinski definition) is 1. The van der Waals surface area contributed by atoms with Crippen molar-refractivity contribution in [3.05, 3.63) is 46.4 Å². The average molecular weight is 438 g/mol. The number of fused-ring (bicyclic) bond motifs is 1. The molecule has 1 saturated heterocycles. The van der Waals surface area contributed by atoms with E-state index in [1.165, 1.54) is 0 Å². The third-order valence-corrected chi connectivity index (χ3v) is 6.48. The zero-order valence-corrected chi connectivity index (χ0v) is 19.3. The molecular weight excluding hydrogens is 406 g/mol. The Morgan fingerprint density at radius 3 is 2.72 bits per heavy atom. The van der Waals surface area contributed by atoms with Crippen LogP contribution in [0, 0.1) is 6.92 Å². The minimum Gasteiger partial charge on any atom is -0.496 e. The number of methoxy groups -OCH3 is 1. The molecule has 170 valence electrons. The Morgan fingerprint density at radius 2 is 2.00 bits per heavy atom. The zero-order valence-electron chi connectivity index (χ0n) is 19.3. The highest BCUT2D eigenvalue weighted by atomic mass is 16.5. The molecule has 1 atom stereocenters. The van der Waals surface area contributed by atoms with Crippen molar-refractivity contribution >= 4 is 17.6 Å². The van der Waals surface area contributed by atoms with Crippen molar-refractivity contribution in [2.24, 2.45) is 0 Å². The maximum absolute atomic E-state index is 13.3. The van der Waals surface area contributed by atoms with Gasteiger partial charge in [-0.05, 0) is 37.8 Å². The zero-order chi connectivity index (χ0) is 22.8. The Bertz CT molecular complexity index is 1040. The van der Waals surface area contributed by atoms with Crippen LogP contribution in [0.4, 0.5) is 5.82 Å². The number of likely N-dealkylation sites (tertiary alicyclic amines) is 1. The largest absolute Gasteiger partial charge is 0.496 e. The number of carbonyl (C=O) groups excluding carboxylic acids is 2.